The molecule has 0 radical (unpaired) electrons. The van der Waals surface area contributed by atoms with Gasteiger partial charge in [-0.2, -0.15) is 0 Å². The van der Waals surface area contributed by atoms with E-state index in [2.05, 4.69) is 42.6 Å². The zero-order valence-corrected chi connectivity index (χ0v) is 13.9. The molecule has 2 aliphatic rings. The van der Waals surface area contributed by atoms with Gasteiger partial charge in [-0.05, 0) is 30.5 Å². The largest absolute Gasteiger partial charge is 0.493 e. The fraction of sp³-hybridized carbons (Fsp3) is 0.350. The van der Waals surface area contributed by atoms with Gasteiger partial charge in [0.1, 0.15) is 5.75 Å². The van der Waals surface area contributed by atoms with Gasteiger partial charge in [-0.3, -0.25) is 0 Å². The van der Waals surface area contributed by atoms with Crippen molar-refractivity contribution in [3.8, 4) is 5.75 Å². The fourth-order valence-electron chi connectivity index (χ4n) is 3.55. The first-order chi connectivity index (χ1) is 11.7. The summed E-state index contributed by atoms with van der Waals surface area (Å²) >= 11 is 0. The number of nitrogens with zero attached hydrogens (tertiary/aromatic N) is 1. The highest BCUT2D eigenvalue weighted by atomic mass is 16.5. The van der Waals surface area contributed by atoms with Crippen LogP contribution in [0.1, 0.15) is 41.5 Å². The molecule has 3 atom stereocenters. The van der Waals surface area contributed by atoms with Crippen LogP contribution >= 0.6 is 0 Å². The third-order valence-corrected chi connectivity index (χ3v) is 4.93. The van der Waals surface area contributed by atoms with Gasteiger partial charge < -0.3 is 15.8 Å². The Labute approximate surface area is 142 Å². The molecule has 1 fully saturated rings. The number of benzene rings is 2. The summed E-state index contributed by atoms with van der Waals surface area (Å²) in [5.41, 5.74) is 10.1. The van der Waals surface area contributed by atoms with Crippen molar-refractivity contribution >= 4 is 5.96 Å². The van der Waals surface area contributed by atoms with E-state index in [1.165, 1.54) is 11.1 Å². The molecule has 2 aromatic carbocycles. The summed E-state index contributed by atoms with van der Waals surface area (Å²) in [7, 11) is 0. The van der Waals surface area contributed by atoms with E-state index in [-0.39, 0.29) is 6.04 Å². The number of ether oxygens (including phenoxy) is 1. The van der Waals surface area contributed by atoms with Gasteiger partial charge >= 0.3 is 0 Å². The molecule has 0 bridgehead atoms. The van der Waals surface area contributed by atoms with Crippen molar-refractivity contribution in [3.63, 3.8) is 0 Å². The van der Waals surface area contributed by atoms with Crippen LogP contribution in [0.4, 0.5) is 0 Å². The number of para-hydroxylation sites is 1. The van der Waals surface area contributed by atoms with Gasteiger partial charge in [-0.25, -0.2) is 4.99 Å². The van der Waals surface area contributed by atoms with Crippen molar-refractivity contribution < 1.29 is 4.74 Å². The summed E-state index contributed by atoms with van der Waals surface area (Å²) in [5, 5.41) is 3.39. The molecule has 0 amide bonds. The second-order valence-corrected chi connectivity index (χ2v) is 6.65. The lowest BCUT2D eigenvalue weighted by Crippen LogP contribution is -2.35. The van der Waals surface area contributed by atoms with Crippen LogP contribution in [0.15, 0.2) is 53.5 Å². The minimum absolute atomic E-state index is 0.0816. The molecule has 1 aliphatic carbocycles. The molecule has 3 N–H and O–H groups in total. The molecular weight excluding hydrogens is 298 g/mol. The summed E-state index contributed by atoms with van der Waals surface area (Å²) in [4.78, 5) is 4.71. The smallest absolute Gasteiger partial charge is 0.189 e. The molecule has 4 nitrogen and oxygen atoms in total. The lowest BCUT2D eigenvalue weighted by Gasteiger charge is -2.23. The maximum Gasteiger partial charge on any atom is 0.189 e. The Morgan fingerprint density at radius 2 is 1.88 bits per heavy atom. The van der Waals surface area contributed by atoms with E-state index >= 15 is 0 Å². The molecule has 0 spiro atoms. The van der Waals surface area contributed by atoms with E-state index in [9.17, 15) is 0 Å². The van der Waals surface area contributed by atoms with Crippen LogP contribution in [-0.4, -0.2) is 18.6 Å². The molecule has 24 heavy (non-hydrogen) atoms. The van der Waals surface area contributed by atoms with Crippen molar-refractivity contribution in [2.45, 2.75) is 37.8 Å². The average molecular weight is 321 g/mol. The number of rotatable bonds is 3. The number of guanidine groups is 1. The standard InChI is InChI=1S/C20H23N3O/c1-13-6-2-3-7-14(13)16-12-18(16)23-20(21)22-17-10-11-24-19-9-5-4-8-15(17)19/h2-9,16-18H,10-12H2,1H3,(H3,21,22,23). The molecule has 1 saturated carbocycles. The number of hydrogen-bond donors (Lipinski definition) is 2. The Morgan fingerprint density at radius 1 is 1.12 bits per heavy atom. The van der Waals surface area contributed by atoms with Crippen molar-refractivity contribution in [1.82, 2.24) is 5.32 Å². The van der Waals surface area contributed by atoms with Gasteiger partial charge in [0.25, 0.3) is 0 Å². The van der Waals surface area contributed by atoms with Crippen LogP contribution in [0.3, 0.4) is 0 Å². The van der Waals surface area contributed by atoms with Crippen LogP contribution in [0.2, 0.25) is 0 Å². The fourth-order valence-corrected chi connectivity index (χ4v) is 3.55. The van der Waals surface area contributed by atoms with E-state index in [1.54, 1.807) is 0 Å². The topological polar surface area (TPSA) is 59.6 Å². The summed E-state index contributed by atoms with van der Waals surface area (Å²) < 4.78 is 5.69. The number of hydrogen-bond acceptors (Lipinski definition) is 2. The monoisotopic (exact) mass is 321 g/mol. The molecular formula is C20H23N3O. The van der Waals surface area contributed by atoms with Crippen molar-refractivity contribution in [2.24, 2.45) is 10.7 Å². The molecule has 4 heteroatoms. The highest BCUT2D eigenvalue weighted by molar-refractivity contribution is 5.79. The van der Waals surface area contributed by atoms with Gasteiger partial charge in [0.15, 0.2) is 5.96 Å². The normalized spacial score (nSPS) is 25.5. The van der Waals surface area contributed by atoms with E-state index in [1.807, 2.05) is 18.2 Å². The Bertz CT molecular complexity index is 771. The summed E-state index contributed by atoms with van der Waals surface area (Å²) in [6.45, 7) is 2.86. The Morgan fingerprint density at radius 3 is 2.71 bits per heavy atom. The molecule has 4 rings (SSSR count). The second kappa shape index (κ2) is 6.19. The summed E-state index contributed by atoms with van der Waals surface area (Å²) in [6.07, 6.45) is 1.98. The molecule has 1 aliphatic heterocycles. The SMILES string of the molecule is Cc1ccccc1C1CC1NC(N)=NC1CCOc2ccccc21. The predicted octanol–water partition coefficient (Wildman–Crippen LogP) is 3.28. The predicted molar refractivity (Wildman–Crippen MR) is 96.4 cm³/mol. The molecule has 2 aromatic rings. The van der Waals surface area contributed by atoms with E-state index in [0.717, 1.165) is 24.2 Å². The van der Waals surface area contributed by atoms with E-state index < -0.39 is 0 Å². The Hall–Kier alpha value is -2.49. The van der Waals surface area contributed by atoms with Crippen molar-refractivity contribution in [3.05, 3.63) is 65.2 Å². The zero-order chi connectivity index (χ0) is 16.5. The molecule has 0 aromatic heterocycles. The number of nitrogens with two attached hydrogens (primary N) is 1. The maximum absolute atomic E-state index is 6.18. The number of fused-ring (bicyclic) bond motifs is 1. The highest BCUT2D eigenvalue weighted by Gasteiger charge is 2.39. The second-order valence-electron chi connectivity index (χ2n) is 6.65. The first-order valence-electron chi connectivity index (χ1n) is 8.59. The highest BCUT2D eigenvalue weighted by Crippen LogP contribution is 2.42. The van der Waals surface area contributed by atoms with Gasteiger partial charge in [0.2, 0.25) is 0 Å². The van der Waals surface area contributed by atoms with Gasteiger partial charge in [0.05, 0.1) is 12.6 Å². The zero-order valence-electron chi connectivity index (χ0n) is 13.9. The average Bonchev–Trinajstić information content (AvgIpc) is 3.34. The minimum Gasteiger partial charge on any atom is -0.493 e. The van der Waals surface area contributed by atoms with Crippen LogP contribution in [0, 0.1) is 6.92 Å². The first kappa shape index (κ1) is 15.1. The van der Waals surface area contributed by atoms with Crippen molar-refractivity contribution in [2.75, 3.05) is 6.61 Å². The number of aliphatic imine (C=N–C) groups is 1. The van der Waals surface area contributed by atoms with Gasteiger partial charge in [-0.1, -0.05) is 42.5 Å². The molecule has 1 heterocycles. The van der Waals surface area contributed by atoms with Crippen LogP contribution in [0.25, 0.3) is 0 Å². The Balaban J connectivity index is 1.44. The maximum atomic E-state index is 6.18. The lowest BCUT2D eigenvalue weighted by atomic mass is 10.0. The quantitative estimate of drug-likeness (QED) is 0.674. The van der Waals surface area contributed by atoms with Crippen molar-refractivity contribution in [1.29, 1.82) is 0 Å². The lowest BCUT2D eigenvalue weighted by molar-refractivity contribution is 0.269. The van der Waals surface area contributed by atoms with Crippen LogP contribution in [-0.2, 0) is 0 Å². The van der Waals surface area contributed by atoms with E-state index in [4.69, 9.17) is 15.5 Å². The van der Waals surface area contributed by atoms with Gasteiger partial charge in [0, 0.05) is 23.9 Å². The van der Waals surface area contributed by atoms with Crippen LogP contribution in [0.5, 0.6) is 5.75 Å². The summed E-state index contributed by atoms with van der Waals surface area (Å²) in [5.74, 6) is 2.01. The van der Waals surface area contributed by atoms with E-state index in [0.29, 0.717) is 24.5 Å². The molecule has 3 unspecified atom stereocenters. The third kappa shape index (κ3) is 2.96. The number of nitrogens with one attached hydrogen (secondary N) is 1. The minimum atomic E-state index is 0.0816. The number of aryl methyl sites for hydroxylation is 1. The summed E-state index contributed by atoms with van der Waals surface area (Å²) in [6, 6.07) is 17.1. The third-order valence-electron chi connectivity index (χ3n) is 4.93. The first-order valence-corrected chi connectivity index (χ1v) is 8.59. The molecule has 0 saturated heterocycles. The Kier molecular flexibility index (Phi) is 3.89. The van der Waals surface area contributed by atoms with Gasteiger partial charge in [-0.15, -0.1) is 0 Å². The molecule has 124 valence electrons. The van der Waals surface area contributed by atoms with Crippen LogP contribution < -0.4 is 15.8 Å².